The monoisotopic (exact) mass is 383 g/mol. The molecule has 3 rings (SSSR count). The highest BCUT2D eigenvalue weighted by molar-refractivity contribution is 5.76. The summed E-state index contributed by atoms with van der Waals surface area (Å²) >= 11 is 0. The molecule has 0 aliphatic rings. The second-order valence-corrected chi connectivity index (χ2v) is 5.52. The van der Waals surface area contributed by atoms with Gasteiger partial charge in [-0.15, -0.1) is 0 Å². The molecule has 9 heteroatoms. The molecule has 3 nitrogen and oxygen atoms in total. The summed E-state index contributed by atoms with van der Waals surface area (Å²) in [6, 6.07) is 7.51. The van der Waals surface area contributed by atoms with E-state index >= 15 is 0 Å². The summed E-state index contributed by atoms with van der Waals surface area (Å²) in [5, 5.41) is 0. The van der Waals surface area contributed by atoms with E-state index in [0.717, 1.165) is 0 Å². The maximum absolute atomic E-state index is 13.2. The molecule has 3 aromatic rings. The second-order valence-electron chi connectivity index (χ2n) is 5.52. The molecule has 0 saturated carbocycles. The topological polar surface area (TPSA) is 29.0 Å². The number of alkyl halides is 6. The number of nitrogens with zero attached hydrogens (tertiary/aromatic N) is 3. The van der Waals surface area contributed by atoms with E-state index in [1.807, 2.05) is 0 Å². The van der Waals surface area contributed by atoms with Crippen LogP contribution in [-0.4, -0.2) is 9.97 Å². The Labute approximate surface area is 149 Å². The van der Waals surface area contributed by atoms with Gasteiger partial charge < -0.3 is 4.90 Å². The smallest absolute Gasteiger partial charge is 0.307 e. The molecule has 2 aromatic heterocycles. The number of halogens is 6. The summed E-state index contributed by atoms with van der Waals surface area (Å²) in [7, 11) is 0. The maximum atomic E-state index is 13.2. The van der Waals surface area contributed by atoms with E-state index in [9.17, 15) is 26.3 Å². The molecule has 0 amide bonds. The molecule has 0 saturated heterocycles. The fraction of sp³-hybridized carbons (Fsp3) is 0.111. The lowest BCUT2D eigenvalue weighted by Crippen LogP contribution is -2.16. The third kappa shape index (κ3) is 4.18. The lowest BCUT2D eigenvalue weighted by atomic mass is 10.1. The zero-order chi connectivity index (χ0) is 19.7. The van der Waals surface area contributed by atoms with Gasteiger partial charge in [0.25, 0.3) is 0 Å². The van der Waals surface area contributed by atoms with E-state index < -0.39 is 23.5 Å². The van der Waals surface area contributed by atoms with Crippen molar-refractivity contribution in [3.8, 4) is 0 Å². The van der Waals surface area contributed by atoms with Crippen LogP contribution < -0.4 is 4.90 Å². The average Bonchev–Trinajstić information content (AvgIpc) is 2.62. The molecule has 0 radical (unpaired) electrons. The molecule has 0 bridgehead atoms. The highest BCUT2D eigenvalue weighted by Gasteiger charge is 2.37. The van der Waals surface area contributed by atoms with Crippen molar-refractivity contribution in [1.29, 1.82) is 0 Å². The first kappa shape index (κ1) is 18.7. The van der Waals surface area contributed by atoms with E-state index in [4.69, 9.17) is 0 Å². The van der Waals surface area contributed by atoms with Gasteiger partial charge in [0.1, 0.15) is 0 Å². The van der Waals surface area contributed by atoms with Crippen molar-refractivity contribution in [2.75, 3.05) is 4.90 Å². The molecular weight excluding hydrogens is 372 g/mol. The lowest BCUT2D eigenvalue weighted by Gasteiger charge is -2.26. The highest BCUT2D eigenvalue weighted by atomic mass is 19.4. The van der Waals surface area contributed by atoms with Crippen molar-refractivity contribution in [3.63, 3.8) is 0 Å². The van der Waals surface area contributed by atoms with Crippen LogP contribution in [0.3, 0.4) is 0 Å². The zero-order valence-corrected chi connectivity index (χ0v) is 13.5. The first-order valence-electron chi connectivity index (χ1n) is 7.56. The van der Waals surface area contributed by atoms with Crippen LogP contribution in [0.2, 0.25) is 0 Å². The number of pyridine rings is 2. The molecule has 1 aromatic carbocycles. The molecule has 0 atom stereocenters. The predicted octanol–water partition coefficient (Wildman–Crippen LogP) is 5.98. The van der Waals surface area contributed by atoms with Gasteiger partial charge in [0, 0.05) is 18.1 Å². The molecule has 0 fully saturated rings. The fourth-order valence-electron chi connectivity index (χ4n) is 2.49. The number of hydrogen-bond acceptors (Lipinski definition) is 3. The van der Waals surface area contributed by atoms with Crippen molar-refractivity contribution < 1.29 is 26.3 Å². The molecule has 140 valence electrons. The second kappa shape index (κ2) is 6.90. The average molecular weight is 383 g/mol. The van der Waals surface area contributed by atoms with Crippen LogP contribution in [0, 0.1) is 0 Å². The van der Waals surface area contributed by atoms with Crippen LogP contribution in [0.4, 0.5) is 43.4 Å². The first-order chi connectivity index (χ1) is 12.7. The number of hydrogen-bond donors (Lipinski definition) is 0. The van der Waals surface area contributed by atoms with Gasteiger partial charge in [-0.3, -0.25) is 9.97 Å². The van der Waals surface area contributed by atoms with E-state index in [-0.39, 0.29) is 23.1 Å². The van der Waals surface area contributed by atoms with Crippen LogP contribution in [0.25, 0.3) is 0 Å². The Morgan fingerprint density at radius 2 is 1.07 bits per heavy atom. The molecule has 0 aliphatic heterocycles. The van der Waals surface area contributed by atoms with Crippen molar-refractivity contribution in [2.45, 2.75) is 12.4 Å². The standard InChI is InChI=1S/C18H11F6N3/c19-17(20,21)12-7-13(18(22,23)24)9-16(8-12)27(14-3-1-5-25-10-14)15-4-2-6-26-11-15/h1-11H. The third-order valence-electron chi connectivity index (χ3n) is 3.64. The molecule has 27 heavy (non-hydrogen) atoms. The van der Waals surface area contributed by atoms with Crippen LogP contribution in [0.5, 0.6) is 0 Å². The molecule has 0 N–H and O–H groups in total. The van der Waals surface area contributed by atoms with Gasteiger partial charge in [-0.05, 0) is 42.5 Å². The van der Waals surface area contributed by atoms with Crippen molar-refractivity contribution in [2.24, 2.45) is 0 Å². The van der Waals surface area contributed by atoms with Gasteiger partial charge in [0.05, 0.1) is 34.9 Å². The van der Waals surface area contributed by atoms with Crippen molar-refractivity contribution in [1.82, 2.24) is 9.97 Å². The number of rotatable bonds is 3. The Balaban J connectivity index is 2.26. The first-order valence-corrected chi connectivity index (χ1v) is 7.56. The van der Waals surface area contributed by atoms with Crippen molar-refractivity contribution >= 4 is 17.1 Å². The summed E-state index contributed by atoms with van der Waals surface area (Å²) < 4.78 is 79.2. The van der Waals surface area contributed by atoms with Crippen LogP contribution >= 0.6 is 0 Å². The number of benzene rings is 1. The Morgan fingerprint density at radius 3 is 1.41 bits per heavy atom. The van der Waals surface area contributed by atoms with Gasteiger partial charge >= 0.3 is 12.4 Å². The summed E-state index contributed by atoms with van der Waals surface area (Å²) in [5.41, 5.74) is -2.52. The van der Waals surface area contributed by atoms with Gasteiger partial charge in [0.15, 0.2) is 0 Å². The van der Waals surface area contributed by atoms with E-state index in [0.29, 0.717) is 12.1 Å². The van der Waals surface area contributed by atoms with E-state index in [2.05, 4.69) is 9.97 Å². The molecule has 2 heterocycles. The molecule has 0 unspecified atom stereocenters. The quantitative estimate of drug-likeness (QED) is 0.521. The molecule has 0 aliphatic carbocycles. The minimum Gasteiger partial charge on any atom is -0.307 e. The molecule has 0 spiro atoms. The number of anilines is 3. The lowest BCUT2D eigenvalue weighted by molar-refractivity contribution is -0.143. The van der Waals surface area contributed by atoms with Crippen molar-refractivity contribution in [3.05, 3.63) is 78.4 Å². The SMILES string of the molecule is FC(F)(F)c1cc(N(c2cccnc2)c2cccnc2)cc(C(F)(F)F)c1. The minimum absolute atomic E-state index is 0.0914. The summed E-state index contributed by atoms with van der Waals surface area (Å²) in [5.74, 6) is 0. The van der Waals surface area contributed by atoms with Gasteiger partial charge in [-0.1, -0.05) is 0 Å². The van der Waals surface area contributed by atoms with Gasteiger partial charge in [-0.2, -0.15) is 26.3 Å². The summed E-state index contributed by atoms with van der Waals surface area (Å²) in [6.45, 7) is 0. The Morgan fingerprint density at radius 1 is 0.630 bits per heavy atom. The highest BCUT2D eigenvalue weighted by Crippen LogP contribution is 2.41. The zero-order valence-electron chi connectivity index (χ0n) is 13.5. The Bertz CT molecular complexity index is 836. The molecular formula is C18H11F6N3. The maximum Gasteiger partial charge on any atom is 0.416 e. The Hall–Kier alpha value is -3.10. The van der Waals surface area contributed by atoms with E-state index in [1.165, 1.54) is 54.0 Å². The Kier molecular flexibility index (Phi) is 4.77. The van der Waals surface area contributed by atoms with Crippen LogP contribution in [0.15, 0.2) is 67.3 Å². The number of aromatic nitrogens is 2. The summed E-state index contributed by atoms with van der Waals surface area (Å²) in [6.07, 6.45) is -4.32. The largest absolute Gasteiger partial charge is 0.416 e. The van der Waals surface area contributed by atoms with Crippen LogP contribution in [-0.2, 0) is 12.4 Å². The fourth-order valence-corrected chi connectivity index (χ4v) is 2.49. The van der Waals surface area contributed by atoms with Gasteiger partial charge in [-0.25, -0.2) is 0 Å². The summed E-state index contributed by atoms with van der Waals surface area (Å²) in [4.78, 5) is 9.01. The third-order valence-corrected chi connectivity index (χ3v) is 3.64. The van der Waals surface area contributed by atoms with Gasteiger partial charge in [0.2, 0.25) is 0 Å². The normalized spacial score (nSPS) is 12.1. The minimum atomic E-state index is -4.94. The van der Waals surface area contributed by atoms with E-state index in [1.54, 1.807) is 0 Å². The predicted molar refractivity (Wildman–Crippen MR) is 86.7 cm³/mol. The van der Waals surface area contributed by atoms with Crippen LogP contribution in [0.1, 0.15) is 11.1 Å².